The first-order valence-corrected chi connectivity index (χ1v) is 1.96. The Morgan fingerprint density at radius 1 is 1.83 bits per heavy atom. The average molecular weight is 111 g/mol. The average Bonchev–Trinajstić information content (AvgIpc) is 1.35. The molecule has 0 aliphatic carbocycles. The Morgan fingerprint density at radius 2 is 2.00 bits per heavy atom. The van der Waals surface area contributed by atoms with E-state index in [1.165, 1.54) is 6.92 Å². The predicted molar refractivity (Wildman–Crippen MR) is 23.6 cm³/mol. The summed E-state index contributed by atoms with van der Waals surface area (Å²) in [5.41, 5.74) is 0. The molecule has 38 valence electrons. The topological polar surface area (TPSA) is 40.5 Å². The zero-order valence-electron chi connectivity index (χ0n) is 3.48. The molecule has 0 aromatic carbocycles. The van der Waals surface area contributed by atoms with E-state index < -0.39 is 11.7 Å². The lowest BCUT2D eigenvalue weighted by Gasteiger charge is -2.07. The first kappa shape index (κ1) is 6.21. The van der Waals surface area contributed by atoms with Crippen molar-refractivity contribution in [3.05, 3.63) is 0 Å². The molecule has 2 nitrogen and oxygen atoms in total. The van der Waals surface area contributed by atoms with Gasteiger partial charge in [0.25, 0.3) is 0 Å². The van der Waals surface area contributed by atoms with Crippen LogP contribution >= 0.6 is 11.6 Å². The first-order valence-electron chi connectivity index (χ1n) is 1.58. The van der Waals surface area contributed by atoms with Crippen LogP contribution in [0.5, 0.6) is 0 Å². The third-order valence-electron chi connectivity index (χ3n) is 0.289. The van der Waals surface area contributed by atoms with Gasteiger partial charge in [0.05, 0.1) is 6.61 Å². The van der Waals surface area contributed by atoms with Gasteiger partial charge in [0.2, 0.25) is 0 Å². The highest BCUT2D eigenvalue weighted by Gasteiger charge is 2.11. The highest BCUT2D eigenvalue weighted by atomic mass is 35.5. The Balaban J connectivity index is 3.17. The number of alkyl halides is 1. The Kier molecular flexibility index (Phi) is 1.84. The van der Waals surface area contributed by atoms with Gasteiger partial charge in [-0.05, 0) is 6.92 Å². The number of rotatable bonds is 1. The molecule has 0 radical (unpaired) electrons. The molecule has 2 N–H and O–H groups in total. The minimum absolute atomic E-state index is 0.408. The summed E-state index contributed by atoms with van der Waals surface area (Å²) in [6, 6.07) is 0. The zero-order chi connectivity index (χ0) is 5.21. The summed E-state index contributed by atoms with van der Waals surface area (Å²) in [4.78, 5) is 0. The molecule has 0 bridgehead atoms. The molecule has 0 saturated heterocycles. The molecule has 0 rings (SSSR count). The third kappa shape index (κ3) is 4.21. The van der Waals surface area contributed by atoms with Crippen LogP contribution in [0.2, 0.25) is 0 Å². The van der Waals surface area contributed by atoms with Crippen molar-refractivity contribution in [1.29, 1.82) is 0 Å². The van der Waals surface area contributed by atoms with Gasteiger partial charge in [-0.25, -0.2) is 0 Å². The second-order valence-electron chi connectivity index (χ2n) is 1.30. The van der Waals surface area contributed by atoms with Gasteiger partial charge >= 0.3 is 0 Å². The van der Waals surface area contributed by atoms with Crippen molar-refractivity contribution in [3.63, 3.8) is 0 Å². The van der Waals surface area contributed by atoms with E-state index in [1.807, 2.05) is 0 Å². The number of aliphatic hydroxyl groups is 2. The van der Waals surface area contributed by atoms with E-state index in [-0.39, 0.29) is 0 Å². The van der Waals surface area contributed by atoms with Crippen LogP contribution in [0.1, 0.15) is 6.92 Å². The molecule has 0 aromatic heterocycles. The van der Waals surface area contributed by atoms with Gasteiger partial charge in [-0.15, -0.1) is 0 Å². The van der Waals surface area contributed by atoms with E-state index in [2.05, 4.69) is 0 Å². The highest BCUT2D eigenvalue weighted by Crippen LogP contribution is 2.04. The summed E-state index contributed by atoms with van der Waals surface area (Å²) in [6.07, 6.45) is 0. The molecule has 1 unspecified atom stereocenters. The second kappa shape index (κ2) is 1.78. The van der Waals surface area contributed by atoms with Crippen molar-refractivity contribution >= 4 is 11.6 Å². The summed E-state index contributed by atoms with van der Waals surface area (Å²) in [5.74, 6) is 0. The van der Waals surface area contributed by atoms with Crippen LogP contribution < -0.4 is 0 Å². The van der Waals surface area contributed by atoms with Gasteiger partial charge in [0, 0.05) is 0 Å². The maximum atomic E-state index is 8.34. The molecule has 0 spiro atoms. The van der Waals surface area contributed by atoms with E-state index in [9.17, 15) is 0 Å². The molecule has 0 aliphatic rings. The standard InChI is InChI=1S/C3H7ClO2/c1-3(4,6)2-5/h5-6H,2H2,1H3. The van der Waals surface area contributed by atoms with Crippen molar-refractivity contribution in [1.82, 2.24) is 0 Å². The molecule has 0 aliphatic heterocycles. The van der Waals surface area contributed by atoms with E-state index in [0.29, 0.717) is 0 Å². The number of hydrogen-bond donors (Lipinski definition) is 2. The van der Waals surface area contributed by atoms with Crippen molar-refractivity contribution in [3.8, 4) is 0 Å². The normalized spacial score (nSPS) is 20.0. The number of aliphatic hydroxyl groups excluding tert-OH is 1. The van der Waals surface area contributed by atoms with Crippen molar-refractivity contribution < 1.29 is 10.2 Å². The Bertz CT molecular complexity index is 38.5. The molecule has 0 fully saturated rings. The van der Waals surface area contributed by atoms with Crippen LogP contribution in [-0.4, -0.2) is 21.9 Å². The van der Waals surface area contributed by atoms with Crippen LogP contribution in [0.4, 0.5) is 0 Å². The van der Waals surface area contributed by atoms with Crippen LogP contribution in [0, 0.1) is 0 Å². The van der Waals surface area contributed by atoms with Gasteiger partial charge in [-0.3, -0.25) is 0 Å². The number of halogens is 1. The molecule has 0 saturated carbocycles. The molecule has 1 atom stereocenters. The van der Waals surface area contributed by atoms with E-state index >= 15 is 0 Å². The SMILES string of the molecule is CC(O)(Cl)CO. The fourth-order valence-corrected chi connectivity index (χ4v) is 0. The molecule has 6 heavy (non-hydrogen) atoms. The lowest BCUT2D eigenvalue weighted by molar-refractivity contribution is 0.0736. The summed E-state index contributed by atoms with van der Waals surface area (Å²) in [7, 11) is 0. The van der Waals surface area contributed by atoms with Crippen LogP contribution in [0.25, 0.3) is 0 Å². The van der Waals surface area contributed by atoms with E-state index in [1.54, 1.807) is 0 Å². The van der Waals surface area contributed by atoms with Gasteiger partial charge in [0.15, 0.2) is 5.06 Å². The fourth-order valence-electron chi connectivity index (χ4n) is 0. The van der Waals surface area contributed by atoms with Gasteiger partial charge in [-0.1, -0.05) is 11.6 Å². The van der Waals surface area contributed by atoms with E-state index in [4.69, 9.17) is 21.8 Å². The largest absolute Gasteiger partial charge is 0.392 e. The highest BCUT2D eigenvalue weighted by molar-refractivity contribution is 6.22. The van der Waals surface area contributed by atoms with Crippen molar-refractivity contribution in [2.45, 2.75) is 12.0 Å². The molecular formula is C3H7ClO2. The Labute approximate surface area is 41.4 Å². The van der Waals surface area contributed by atoms with Crippen LogP contribution in [0.3, 0.4) is 0 Å². The minimum atomic E-state index is -1.43. The lowest BCUT2D eigenvalue weighted by Crippen LogP contribution is -2.19. The third-order valence-corrected chi connectivity index (χ3v) is 0.408. The van der Waals surface area contributed by atoms with Crippen molar-refractivity contribution in [2.24, 2.45) is 0 Å². The summed E-state index contributed by atoms with van der Waals surface area (Å²) in [5, 5.41) is 14.9. The summed E-state index contributed by atoms with van der Waals surface area (Å²) < 4.78 is 0. The number of hydrogen-bond acceptors (Lipinski definition) is 2. The molecule has 3 heteroatoms. The monoisotopic (exact) mass is 110 g/mol. The Hall–Kier alpha value is 0.210. The van der Waals surface area contributed by atoms with Gasteiger partial charge in [0.1, 0.15) is 0 Å². The van der Waals surface area contributed by atoms with Gasteiger partial charge < -0.3 is 10.2 Å². The Morgan fingerprint density at radius 3 is 2.00 bits per heavy atom. The molecule has 0 aromatic rings. The van der Waals surface area contributed by atoms with Crippen LogP contribution in [-0.2, 0) is 0 Å². The van der Waals surface area contributed by atoms with Crippen molar-refractivity contribution in [2.75, 3.05) is 6.61 Å². The first-order chi connectivity index (χ1) is 2.56. The smallest absolute Gasteiger partial charge is 0.158 e. The summed E-state index contributed by atoms with van der Waals surface area (Å²) >= 11 is 5.02. The van der Waals surface area contributed by atoms with Crippen LogP contribution in [0.15, 0.2) is 0 Å². The zero-order valence-corrected chi connectivity index (χ0v) is 4.24. The fraction of sp³-hybridized carbons (Fsp3) is 1.00. The maximum absolute atomic E-state index is 8.34. The second-order valence-corrected chi connectivity index (χ2v) is 2.11. The van der Waals surface area contributed by atoms with E-state index in [0.717, 1.165) is 0 Å². The summed E-state index contributed by atoms with van der Waals surface area (Å²) in [6.45, 7) is 0.906. The quantitative estimate of drug-likeness (QED) is 0.464. The molecule has 0 amide bonds. The maximum Gasteiger partial charge on any atom is 0.158 e. The van der Waals surface area contributed by atoms with Gasteiger partial charge in [-0.2, -0.15) is 0 Å². The molecular weight excluding hydrogens is 103 g/mol. The lowest BCUT2D eigenvalue weighted by atomic mass is 10.4. The molecule has 0 heterocycles. The predicted octanol–water partition coefficient (Wildman–Crippen LogP) is -0.0740. The minimum Gasteiger partial charge on any atom is -0.392 e.